The highest BCUT2D eigenvalue weighted by Crippen LogP contribution is 2.25. The Balaban J connectivity index is 2.10. The first-order valence-electron chi connectivity index (χ1n) is 5.91. The molecule has 0 spiro atoms. The molecule has 1 saturated carbocycles. The monoisotopic (exact) mass is 293 g/mol. The average Bonchev–Trinajstić information content (AvgIpc) is 2.31. The second kappa shape index (κ2) is 5.52. The highest BCUT2D eigenvalue weighted by atomic mass is 79.9. The SMILES string of the molecule is N#Cc1cc(Br)ccc1NC1CCCC(N)C1. The van der Waals surface area contributed by atoms with Gasteiger partial charge in [-0.2, -0.15) is 5.26 Å². The van der Waals surface area contributed by atoms with Gasteiger partial charge in [-0.15, -0.1) is 0 Å². The van der Waals surface area contributed by atoms with E-state index in [1.165, 1.54) is 0 Å². The topological polar surface area (TPSA) is 61.8 Å². The lowest BCUT2D eigenvalue weighted by Gasteiger charge is -2.28. The van der Waals surface area contributed by atoms with Gasteiger partial charge in [0.2, 0.25) is 0 Å². The Labute approximate surface area is 110 Å². The Morgan fingerprint density at radius 3 is 2.94 bits per heavy atom. The Morgan fingerprint density at radius 2 is 2.24 bits per heavy atom. The van der Waals surface area contributed by atoms with Gasteiger partial charge in [-0.1, -0.05) is 15.9 Å². The van der Waals surface area contributed by atoms with E-state index in [9.17, 15) is 0 Å². The first kappa shape index (κ1) is 12.4. The van der Waals surface area contributed by atoms with Crippen LogP contribution < -0.4 is 11.1 Å². The Kier molecular flexibility index (Phi) is 4.03. The van der Waals surface area contributed by atoms with Crippen molar-refractivity contribution in [2.24, 2.45) is 5.73 Å². The molecule has 17 heavy (non-hydrogen) atoms. The van der Waals surface area contributed by atoms with Gasteiger partial charge in [0.25, 0.3) is 0 Å². The maximum atomic E-state index is 9.09. The molecule has 4 heteroatoms. The van der Waals surface area contributed by atoms with Gasteiger partial charge in [0.1, 0.15) is 6.07 Å². The largest absolute Gasteiger partial charge is 0.381 e. The van der Waals surface area contributed by atoms with Crippen molar-refractivity contribution in [2.75, 3.05) is 5.32 Å². The summed E-state index contributed by atoms with van der Waals surface area (Å²) in [5, 5.41) is 12.5. The zero-order valence-corrected chi connectivity index (χ0v) is 11.2. The molecule has 90 valence electrons. The first-order valence-corrected chi connectivity index (χ1v) is 6.70. The number of nitrogens with two attached hydrogens (primary N) is 1. The number of rotatable bonds is 2. The number of hydrogen-bond acceptors (Lipinski definition) is 3. The average molecular weight is 294 g/mol. The molecular formula is C13H16BrN3. The van der Waals surface area contributed by atoms with Gasteiger partial charge in [-0.3, -0.25) is 0 Å². The van der Waals surface area contributed by atoms with Crippen LogP contribution in [0.1, 0.15) is 31.2 Å². The lowest BCUT2D eigenvalue weighted by Crippen LogP contribution is -2.35. The molecular weight excluding hydrogens is 278 g/mol. The lowest BCUT2D eigenvalue weighted by atomic mass is 9.91. The molecule has 3 N–H and O–H groups in total. The molecule has 0 saturated heterocycles. The first-order chi connectivity index (χ1) is 8.19. The highest BCUT2D eigenvalue weighted by molar-refractivity contribution is 9.10. The number of halogens is 1. The molecule has 0 heterocycles. The molecule has 0 bridgehead atoms. The molecule has 2 atom stereocenters. The summed E-state index contributed by atoms with van der Waals surface area (Å²) in [6.45, 7) is 0. The number of benzene rings is 1. The molecule has 1 fully saturated rings. The molecule has 1 aliphatic carbocycles. The van der Waals surface area contributed by atoms with E-state index in [1.54, 1.807) is 0 Å². The van der Waals surface area contributed by atoms with Crippen molar-refractivity contribution in [2.45, 2.75) is 37.8 Å². The van der Waals surface area contributed by atoms with Crippen LogP contribution in [0.4, 0.5) is 5.69 Å². The number of anilines is 1. The Morgan fingerprint density at radius 1 is 1.41 bits per heavy atom. The van der Waals surface area contributed by atoms with Gasteiger partial charge < -0.3 is 11.1 Å². The minimum absolute atomic E-state index is 0.294. The fraction of sp³-hybridized carbons (Fsp3) is 0.462. The van der Waals surface area contributed by atoms with E-state index in [0.717, 1.165) is 35.8 Å². The van der Waals surface area contributed by atoms with E-state index in [0.29, 0.717) is 17.6 Å². The molecule has 3 nitrogen and oxygen atoms in total. The van der Waals surface area contributed by atoms with E-state index in [2.05, 4.69) is 27.3 Å². The minimum Gasteiger partial charge on any atom is -0.381 e. The van der Waals surface area contributed by atoms with Crippen LogP contribution in [0.15, 0.2) is 22.7 Å². The summed E-state index contributed by atoms with van der Waals surface area (Å²) in [5.41, 5.74) is 7.55. The summed E-state index contributed by atoms with van der Waals surface area (Å²) < 4.78 is 0.931. The van der Waals surface area contributed by atoms with Gasteiger partial charge in [-0.05, 0) is 43.9 Å². The quantitative estimate of drug-likeness (QED) is 0.881. The molecule has 1 aromatic rings. The third kappa shape index (κ3) is 3.21. The van der Waals surface area contributed by atoms with Crippen LogP contribution in [0, 0.1) is 11.3 Å². The number of nitrogens with zero attached hydrogens (tertiary/aromatic N) is 1. The summed E-state index contributed by atoms with van der Waals surface area (Å²) in [6, 6.07) is 8.64. The molecule has 1 aromatic carbocycles. The Hall–Kier alpha value is -1.05. The third-order valence-corrected chi connectivity index (χ3v) is 3.67. The van der Waals surface area contributed by atoms with Crippen LogP contribution in [-0.4, -0.2) is 12.1 Å². The van der Waals surface area contributed by atoms with E-state index in [1.807, 2.05) is 18.2 Å². The molecule has 0 aromatic heterocycles. The molecule has 0 radical (unpaired) electrons. The maximum absolute atomic E-state index is 9.09. The van der Waals surface area contributed by atoms with Crippen LogP contribution >= 0.6 is 15.9 Å². The molecule has 0 amide bonds. The Bertz CT molecular complexity index is 439. The van der Waals surface area contributed by atoms with Gasteiger partial charge in [0.15, 0.2) is 0 Å². The normalized spacial score (nSPS) is 24.1. The van der Waals surface area contributed by atoms with Gasteiger partial charge >= 0.3 is 0 Å². The molecule has 2 rings (SSSR count). The van der Waals surface area contributed by atoms with Gasteiger partial charge in [0, 0.05) is 16.6 Å². The van der Waals surface area contributed by atoms with Gasteiger partial charge in [-0.25, -0.2) is 0 Å². The van der Waals surface area contributed by atoms with Crippen LogP contribution in [0.2, 0.25) is 0 Å². The predicted molar refractivity (Wildman–Crippen MR) is 72.7 cm³/mol. The van der Waals surface area contributed by atoms with E-state index in [4.69, 9.17) is 11.0 Å². The fourth-order valence-electron chi connectivity index (χ4n) is 2.31. The summed E-state index contributed by atoms with van der Waals surface area (Å²) in [6.07, 6.45) is 4.40. The van der Waals surface area contributed by atoms with Crippen molar-refractivity contribution in [3.8, 4) is 6.07 Å². The van der Waals surface area contributed by atoms with E-state index in [-0.39, 0.29) is 0 Å². The third-order valence-electron chi connectivity index (χ3n) is 3.18. The number of hydrogen-bond donors (Lipinski definition) is 2. The van der Waals surface area contributed by atoms with Crippen LogP contribution in [0.5, 0.6) is 0 Å². The smallest absolute Gasteiger partial charge is 0.101 e. The number of nitrogens with one attached hydrogen (secondary N) is 1. The van der Waals surface area contributed by atoms with Crippen molar-refractivity contribution in [3.63, 3.8) is 0 Å². The van der Waals surface area contributed by atoms with Crippen molar-refractivity contribution in [1.29, 1.82) is 5.26 Å². The zero-order valence-electron chi connectivity index (χ0n) is 9.62. The molecule has 0 aliphatic heterocycles. The summed E-state index contributed by atoms with van der Waals surface area (Å²) in [7, 11) is 0. The number of nitriles is 1. The van der Waals surface area contributed by atoms with Crippen molar-refractivity contribution < 1.29 is 0 Å². The van der Waals surface area contributed by atoms with E-state index >= 15 is 0 Å². The summed E-state index contributed by atoms with van der Waals surface area (Å²) in [5.74, 6) is 0. The second-order valence-corrected chi connectivity index (χ2v) is 5.49. The molecule has 2 unspecified atom stereocenters. The lowest BCUT2D eigenvalue weighted by molar-refractivity contribution is 0.409. The second-order valence-electron chi connectivity index (χ2n) is 4.57. The van der Waals surface area contributed by atoms with Crippen molar-refractivity contribution in [3.05, 3.63) is 28.2 Å². The predicted octanol–water partition coefficient (Wildman–Crippen LogP) is 3.00. The van der Waals surface area contributed by atoms with Gasteiger partial charge in [0.05, 0.1) is 11.3 Å². The fourth-order valence-corrected chi connectivity index (χ4v) is 2.67. The standard InChI is InChI=1S/C13H16BrN3/c14-10-4-5-13(9(6-10)8-15)17-12-3-1-2-11(16)7-12/h4-6,11-12,17H,1-3,7,16H2. The summed E-state index contributed by atoms with van der Waals surface area (Å²) >= 11 is 3.37. The van der Waals surface area contributed by atoms with Crippen LogP contribution in [-0.2, 0) is 0 Å². The van der Waals surface area contributed by atoms with E-state index < -0.39 is 0 Å². The highest BCUT2D eigenvalue weighted by Gasteiger charge is 2.19. The maximum Gasteiger partial charge on any atom is 0.101 e. The summed E-state index contributed by atoms with van der Waals surface area (Å²) in [4.78, 5) is 0. The van der Waals surface area contributed by atoms with Crippen molar-refractivity contribution in [1.82, 2.24) is 0 Å². The van der Waals surface area contributed by atoms with Crippen LogP contribution in [0.25, 0.3) is 0 Å². The van der Waals surface area contributed by atoms with Crippen molar-refractivity contribution >= 4 is 21.6 Å². The minimum atomic E-state index is 0.294. The van der Waals surface area contributed by atoms with Crippen LogP contribution in [0.3, 0.4) is 0 Å². The zero-order chi connectivity index (χ0) is 12.3. The molecule has 1 aliphatic rings.